The molecule has 0 spiro atoms. The first-order chi connectivity index (χ1) is 10.2. The van der Waals surface area contributed by atoms with Crippen LogP contribution in [0.1, 0.15) is 5.01 Å². The number of thiazole rings is 1. The van der Waals surface area contributed by atoms with Crippen LogP contribution >= 0.6 is 11.3 Å². The maximum atomic E-state index is 13.4. The van der Waals surface area contributed by atoms with Gasteiger partial charge in [0, 0.05) is 6.08 Å². The molecule has 0 radical (unpaired) electrons. The lowest BCUT2D eigenvalue weighted by atomic mass is 10.3. The first kappa shape index (κ1) is 13.5. The lowest BCUT2D eigenvalue weighted by Crippen LogP contribution is -2.08. The van der Waals surface area contributed by atoms with Gasteiger partial charge in [0.25, 0.3) is 0 Å². The predicted molar refractivity (Wildman–Crippen MR) is 83.7 cm³/mol. The first-order valence-electron chi connectivity index (χ1n) is 6.31. The molecule has 0 saturated heterocycles. The SMILES string of the molecule is O=C(/C=C/c1nc2ccccc2s1)Nc1ccccc1F. The van der Waals surface area contributed by atoms with Crippen LogP contribution in [0.4, 0.5) is 10.1 Å². The van der Waals surface area contributed by atoms with E-state index in [0.29, 0.717) is 0 Å². The monoisotopic (exact) mass is 298 g/mol. The highest BCUT2D eigenvalue weighted by Crippen LogP contribution is 2.22. The fourth-order valence-corrected chi connectivity index (χ4v) is 2.72. The van der Waals surface area contributed by atoms with E-state index in [1.165, 1.54) is 29.5 Å². The van der Waals surface area contributed by atoms with E-state index in [-0.39, 0.29) is 11.6 Å². The molecule has 0 aliphatic heterocycles. The lowest BCUT2D eigenvalue weighted by molar-refractivity contribution is -0.111. The van der Waals surface area contributed by atoms with Gasteiger partial charge in [-0.25, -0.2) is 9.37 Å². The molecule has 0 saturated carbocycles. The summed E-state index contributed by atoms with van der Waals surface area (Å²) in [6.07, 6.45) is 2.98. The number of hydrogen-bond acceptors (Lipinski definition) is 3. The number of benzene rings is 2. The molecule has 5 heteroatoms. The molecular formula is C16H11FN2OS. The number of aromatic nitrogens is 1. The van der Waals surface area contributed by atoms with Crippen molar-refractivity contribution >= 4 is 39.2 Å². The van der Waals surface area contributed by atoms with Crippen LogP contribution in [0.15, 0.2) is 54.6 Å². The second-order valence-corrected chi connectivity index (χ2v) is 5.38. The van der Waals surface area contributed by atoms with Crippen molar-refractivity contribution in [2.75, 3.05) is 5.32 Å². The van der Waals surface area contributed by atoms with E-state index < -0.39 is 5.82 Å². The molecule has 0 aliphatic rings. The van der Waals surface area contributed by atoms with E-state index in [1.807, 2.05) is 24.3 Å². The molecule has 0 atom stereocenters. The number of fused-ring (bicyclic) bond motifs is 1. The molecule has 0 fully saturated rings. The van der Waals surface area contributed by atoms with Gasteiger partial charge in [-0.15, -0.1) is 11.3 Å². The molecule has 1 amide bonds. The largest absolute Gasteiger partial charge is 0.320 e. The average Bonchev–Trinajstić information content (AvgIpc) is 2.90. The highest BCUT2D eigenvalue weighted by Gasteiger charge is 2.04. The number of carbonyl (C=O) groups is 1. The lowest BCUT2D eigenvalue weighted by Gasteiger charge is -2.02. The molecule has 0 unspecified atom stereocenters. The third-order valence-electron chi connectivity index (χ3n) is 2.82. The van der Waals surface area contributed by atoms with Crippen molar-refractivity contribution in [2.45, 2.75) is 0 Å². The summed E-state index contributed by atoms with van der Waals surface area (Å²) in [5, 5.41) is 3.23. The Balaban J connectivity index is 1.73. The summed E-state index contributed by atoms with van der Waals surface area (Å²) in [4.78, 5) is 16.2. The number of halogens is 1. The third kappa shape index (κ3) is 3.14. The van der Waals surface area contributed by atoms with Crippen LogP contribution in [-0.2, 0) is 4.79 Å². The molecule has 1 aromatic heterocycles. The Labute approximate surface area is 124 Å². The number of hydrogen-bond donors (Lipinski definition) is 1. The minimum atomic E-state index is -0.459. The molecule has 0 aliphatic carbocycles. The van der Waals surface area contributed by atoms with Crippen molar-refractivity contribution in [1.29, 1.82) is 0 Å². The number of anilines is 1. The van der Waals surface area contributed by atoms with Crippen molar-refractivity contribution < 1.29 is 9.18 Å². The number of para-hydroxylation sites is 2. The Morgan fingerprint density at radius 1 is 1.14 bits per heavy atom. The molecule has 1 heterocycles. The fraction of sp³-hybridized carbons (Fsp3) is 0. The summed E-state index contributed by atoms with van der Waals surface area (Å²) in [6.45, 7) is 0. The number of nitrogens with one attached hydrogen (secondary N) is 1. The number of rotatable bonds is 3. The summed E-state index contributed by atoms with van der Waals surface area (Å²) in [7, 11) is 0. The van der Waals surface area contributed by atoms with Crippen LogP contribution < -0.4 is 5.32 Å². The normalized spacial score (nSPS) is 11.1. The zero-order valence-corrected chi connectivity index (χ0v) is 11.7. The minimum Gasteiger partial charge on any atom is -0.320 e. The molecule has 0 bridgehead atoms. The summed E-state index contributed by atoms with van der Waals surface area (Å²) in [5.74, 6) is -0.849. The molecule has 104 valence electrons. The quantitative estimate of drug-likeness (QED) is 0.740. The topological polar surface area (TPSA) is 42.0 Å². The molecule has 3 aromatic rings. The van der Waals surface area contributed by atoms with Crippen molar-refractivity contribution in [3.05, 3.63) is 65.4 Å². The fourth-order valence-electron chi connectivity index (χ4n) is 1.85. The standard InChI is InChI=1S/C16H11FN2OS/c17-11-5-1-2-6-12(11)18-15(20)9-10-16-19-13-7-3-4-8-14(13)21-16/h1-10H,(H,18,20)/b10-9+. The average molecular weight is 298 g/mol. The molecule has 2 aromatic carbocycles. The number of carbonyl (C=O) groups excluding carboxylic acids is 1. The van der Waals surface area contributed by atoms with Crippen LogP contribution in [0.2, 0.25) is 0 Å². The Morgan fingerprint density at radius 2 is 1.90 bits per heavy atom. The van der Waals surface area contributed by atoms with Crippen LogP contribution in [0.5, 0.6) is 0 Å². The molecule has 21 heavy (non-hydrogen) atoms. The second-order valence-electron chi connectivity index (χ2n) is 4.32. The van der Waals surface area contributed by atoms with Crippen molar-refractivity contribution in [3.8, 4) is 0 Å². The van der Waals surface area contributed by atoms with Gasteiger partial charge in [0.05, 0.1) is 15.9 Å². The summed E-state index contributed by atoms with van der Waals surface area (Å²) < 4.78 is 14.5. The van der Waals surface area contributed by atoms with Gasteiger partial charge in [0.15, 0.2) is 0 Å². The van der Waals surface area contributed by atoms with Crippen molar-refractivity contribution in [3.63, 3.8) is 0 Å². The zero-order valence-electron chi connectivity index (χ0n) is 10.9. The van der Waals surface area contributed by atoms with Gasteiger partial charge in [0.1, 0.15) is 10.8 Å². The van der Waals surface area contributed by atoms with Crippen LogP contribution in [0, 0.1) is 5.82 Å². The zero-order chi connectivity index (χ0) is 14.7. The summed E-state index contributed by atoms with van der Waals surface area (Å²) >= 11 is 1.50. The van der Waals surface area contributed by atoms with Crippen molar-refractivity contribution in [1.82, 2.24) is 4.98 Å². The Hall–Kier alpha value is -2.53. The Morgan fingerprint density at radius 3 is 2.71 bits per heavy atom. The van der Waals surface area contributed by atoms with Crippen LogP contribution in [0.3, 0.4) is 0 Å². The summed E-state index contributed by atoms with van der Waals surface area (Å²) in [5.41, 5.74) is 1.06. The third-order valence-corrected chi connectivity index (χ3v) is 3.82. The van der Waals surface area contributed by atoms with Gasteiger partial charge in [0.2, 0.25) is 5.91 Å². The number of nitrogens with zero attached hydrogens (tertiary/aromatic N) is 1. The predicted octanol–water partition coefficient (Wildman–Crippen LogP) is 4.09. The second kappa shape index (κ2) is 5.85. The van der Waals surface area contributed by atoms with Crippen molar-refractivity contribution in [2.24, 2.45) is 0 Å². The maximum absolute atomic E-state index is 13.4. The molecule has 1 N–H and O–H groups in total. The molecular weight excluding hydrogens is 287 g/mol. The van der Waals surface area contributed by atoms with E-state index in [1.54, 1.807) is 18.2 Å². The van der Waals surface area contributed by atoms with Gasteiger partial charge in [-0.2, -0.15) is 0 Å². The van der Waals surface area contributed by atoms with E-state index >= 15 is 0 Å². The van der Waals surface area contributed by atoms with Gasteiger partial charge in [-0.1, -0.05) is 24.3 Å². The van der Waals surface area contributed by atoms with E-state index in [9.17, 15) is 9.18 Å². The molecule has 3 rings (SSSR count). The van der Waals surface area contributed by atoms with E-state index in [2.05, 4.69) is 10.3 Å². The first-order valence-corrected chi connectivity index (χ1v) is 7.13. The smallest absolute Gasteiger partial charge is 0.248 e. The Bertz CT molecular complexity index is 793. The highest BCUT2D eigenvalue weighted by atomic mass is 32.1. The Kier molecular flexibility index (Phi) is 3.75. The minimum absolute atomic E-state index is 0.163. The highest BCUT2D eigenvalue weighted by molar-refractivity contribution is 7.19. The number of amides is 1. The van der Waals surface area contributed by atoms with Gasteiger partial charge in [-0.05, 0) is 30.3 Å². The molecule has 3 nitrogen and oxygen atoms in total. The van der Waals surface area contributed by atoms with Crippen LogP contribution in [-0.4, -0.2) is 10.9 Å². The van der Waals surface area contributed by atoms with Gasteiger partial charge >= 0.3 is 0 Å². The maximum Gasteiger partial charge on any atom is 0.248 e. The van der Waals surface area contributed by atoms with Gasteiger partial charge < -0.3 is 5.32 Å². The van der Waals surface area contributed by atoms with E-state index in [0.717, 1.165) is 15.2 Å². The van der Waals surface area contributed by atoms with Gasteiger partial charge in [-0.3, -0.25) is 4.79 Å². The summed E-state index contributed by atoms with van der Waals surface area (Å²) in [6, 6.07) is 13.8. The van der Waals surface area contributed by atoms with E-state index in [4.69, 9.17) is 0 Å². The van der Waals surface area contributed by atoms with Crippen LogP contribution in [0.25, 0.3) is 16.3 Å².